The van der Waals surface area contributed by atoms with Gasteiger partial charge in [-0.15, -0.1) is 0 Å². The van der Waals surface area contributed by atoms with Crippen molar-refractivity contribution in [3.63, 3.8) is 0 Å². The lowest BCUT2D eigenvalue weighted by atomic mass is 9.96. The van der Waals surface area contributed by atoms with Crippen LogP contribution in [0.2, 0.25) is 0 Å². The largest absolute Gasteiger partial charge is 0.194 e. The SMILES string of the molecule is CCCCCCCCCCCCCCCCN=NC1CCCCC1. The van der Waals surface area contributed by atoms with Gasteiger partial charge in [-0.3, -0.25) is 0 Å². The van der Waals surface area contributed by atoms with Gasteiger partial charge in [0.1, 0.15) is 0 Å². The molecule has 0 heterocycles. The molecule has 1 aliphatic rings. The van der Waals surface area contributed by atoms with E-state index in [1.165, 1.54) is 122 Å². The zero-order valence-electron chi connectivity index (χ0n) is 16.6. The fourth-order valence-electron chi connectivity index (χ4n) is 3.75. The summed E-state index contributed by atoms with van der Waals surface area (Å²) in [6.45, 7) is 3.26. The first-order valence-corrected chi connectivity index (χ1v) is 11.3. The second-order valence-electron chi connectivity index (χ2n) is 7.87. The highest BCUT2D eigenvalue weighted by Crippen LogP contribution is 2.20. The Labute approximate surface area is 152 Å². The lowest BCUT2D eigenvalue weighted by molar-refractivity contribution is 0.427. The molecular weight excluding hydrogens is 292 g/mol. The van der Waals surface area contributed by atoms with E-state index in [1.54, 1.807) is 0 Å². The molecule has 0 aromatic carbocycles. The molecule has 0 spiro atoms. The lowest BCUT2D eigenvalue weighted by Gasteiger charge is -2.15. The summed E-state index contributed by atoms with van der Waals surface area (Å²) in [5, 5.41) is 8.92. The second-order valence-corrected chi connectivity index (χ2v) is 7.87. The molecule has 0 N–H and O–H groups in total. The van der Waals surface area contributed by atoms with Gasteiger partial charge in [-0.2, -0.15) is 10.2 Å². The van der Waals surface area contributed by atoms with Crippen molar-refractivity contribution in [1.29, 1.82) is 0 Å². The number of unbranched alkanes of at least 4 members (excludes halogenated alkanes) is 13. The van der Waals surface area contributed by atoms with Crippen molar-refractivity contribution in [2.24, 2.45) is 10.2 Å². The van der Waals surface area contributed by atoms with E-state index in [2.05, 4.69) is 17.2 Å². The zero-order valence-corrected chi connectivity index (χ0v) is 16.6. The monoisotopic (exact) mass is 336 g/mol. The number of hydrogen-bond donors (Lipinski definition) is 0. The van der Waals surface area contributed by atoms with E-state index in [-0.39, 0.29) is 0 Å². The van der Waals surface area contributed by atoms with Crippen molar-refractivity contribution in [2.75, 3.05) is 6.54 Å². The van der Waals surface area contributed by atoms with Crippen LogP contribution in [0.3, 0.4) is 0 Å². The molecule has 0 saturated heterocycles. The molecule has 0 aromatic rings. The summed E-state index contributed by atoms with van der Waals surface area (Å²) in [5.74, 6) is 0. The number of azo groups is 1. The molecule has 0 unspecified atom stereocenters. The minimum atomic E-state index is 0.561. The van der Waals surface area contributed by atoms with Crippen LogP contribution in [0.15, 0.2) is 10.2 Å². The zero-order chi connectivity index (χ0) is 17.1. The average Bonchev–Trinajstić information content (AvgIpc) is 2.62. The van der Waals surface area contributed by atoms with Gasteiger partial charge in [0.05, 0.1) is 12.6 Å². The van der Waals surface area contributed by atoms with Crippen LogP contribution in [0.1, 0.15) is 129 Å². The maximum absolute atomic E-state index is 4.51. The number of nitrogens with zero attached hydrogens (tertiary/aromatic N) is 2. The third kappa shape index (κ3) is 14.0. The maximum atomic E-state index is 4.51. The third-order valence-corrected chi connectivity index (χ3v) is 5.43. The third-order valence-electron chi connectivity index (χ3n) is 5.43. The maximum Gasteiger partial charge on any atom is 0.0708 e. The molecule has 0 aromatic heterocycles. The number of hydrogen-bond acceptors (Lipinski definition) is 2. The molecule has 1 aliphatic carbocycles. The highest BCUT2D eigenvalue weighted by atomic mass is 15.1. The van der Waals surface area contributed by atoms with E-state index in [9.17, 15) is 0 Å². The van der Waals surface area contributed by atoms with Crippen LogP contribution < -0.4 is 0 Å². The standard InChI is InChI=1S/C22H44N2/c1-2-3-4-5-6-7-8-9-10-11-12-13-14-18-21-23-24-22-19-16-15-17-20-22/h22H,2-21H2,1H3. The minimum absolute atomic E-state index is 0.561. The summed E-state index contributed by atoms with van der Waals surface area (Å²) in [7, 11) is 0. The highest BCUT2D eigenvalue weighted by Gasteiger charge is 2.11. The minimum Gasteiger partial charge on any atom is -0.194 e. The highest BCUT2D eigenvalue weighted by molar-refractivity contribution is 4.69. The van der Waals surface area contributed by atoms with Crippen molar-refractivity contribution < 1.29 is 0 Å². The Kier molecular flexibility index (Phi) is 15.7. The van der Waals surface area contributed by atoms with Crippen molar-refractivity contribution in [3.8, 4) is 0 Å². The van der Waals surface area contributed by atoms with Gasteiger partial charge in [-0.25, -0.2) is 0 Å². The Balaban J connectivity index is 1.71. The Morgan fingerprint density at radius 1 is 0.583 bits per heavy atom. The second kappa shape index (κ2) is 17.4. The summed E-state index contributed by atoms with van der Waals surface area (Å²) < 4.78 is 0. The topological polar surface area (TPSA) is 24.7 Å². The van der Waals surface area contributed by atoms with Crippen molar-refractivity contribution >= 4 is 0 Å². The van der Waals surface area contributed by atoms with Crippen LogP contribution in [0, 0.1) is 0 Å². The first-order valence-electron chi connectivity index (χ1n) is 11.3. The van der Waals surface area contributed by atoms with E-state index < -0.39 is 0 Å². The van der Waals surface area contributed by atoms with Crippen molar-refractivity contribution in [1.82, 2.24) is 0 Å². The summed E-state index contributed by atoms with van der Waals surface area (Å²) in [6, 6.07) is 0.561. The molecule has 142 valence electrons. The van der Waals surface area contributed by atoms with Gasteiger partial charge >= 0.3 is 0 Å². The van der Waals surface area contributed by atoms with Crippen molar-refractivity contribution in [2.45, 2.75) is 135 Å². The fourth-order valence-corrected chi connectivity index (χ4v) is 3.75. The van der Waals surface area contributed by atoms with Gasteiger partial charge in [0, 0.05) is 0 Å². The Bertz CT molecular complexity index is 269. The van der Waals surface area contributed by atoms with Gasteiger partial charge in [0.2, 0.25) is 0 Å². The predicted octanol–water partition coefficient (Wildman–Crippen LogP) is 8.25. The molecule has 0 atom stereocenters. The summed E-state index contributed by atoms with van der Waals surface area (Å²) >= 11 is 0. The average molecular weight is 337 g/mol. The number of rotatable bonds is 16. The van der Waals surface area contributed by atoms with E-state index in [0.717, 1.165) is 6.54 Å². The van der Waals surface area contributed by atoms with Gasteiger partial charge in [0.15, 0.2) is 0 Å². The quantitative estimate of drug-likeness (QED) is 0.200. The molecule has 0 aliphatic heterocycles. The Morgan fingerprint density at radius 2 is 1.04 bits per heavy atom. The summed E-state index contributed by atoms with van der Waals surface area (Å²) in [6.07, 6.45) is 26.6. The molecular formula is C22H44N2. The van der Waals surface area contributed by atoms with Crippen molar-refractivity contribution in [3.05, 3.63) is 0 Å². The van der Waals surface area contributed by atoms with Gasteiger partial charge in [-0.05, 0) is 19.3 Å². The van der Waals surface area contributed by atoms with Crippen LogP contribution in [0.4, 0.5) is 0 Å². The predicted molar refractivity (Wildman–Crippen MR) is 107 cm³/mol. The lowest BCUT2D eigenvalue weighted by Crippen LogP contribution is -2.08. The van der Waals surface area contributed by atoms with Gasteiger partial charge in [-0.1, -0.05) is 110 Å². The van der Waals surface area contributed by atoms with Gasteiger partial charge in [0.25, 0.3) is 0 Å². The molecule has 0 bridgehead atoms. The molecule has 1 fully saturated rings. The first kappa shape index (κ1) is 21.6. The van der Waals surface area contributed by atoms with Crippen LogP contribution in [-0.2, 0) is 0 Å². The van der Waals surface area contributed by atoms with Crippen LogP contribution in [-0.4, -0.2) is 12.6 Å². The summed E-state index contributed by atoms with van der Waals surface area (Å²) in [4.78, 5) is 0. The first-order chi connectivity index (χ1) is 11.9. The molecule has 0 amide bonds. The van der Waals surface area contributed by atoms with Gasteiger partial charge < -0.3 is 0 Å². The van der Waals surface area contributed by atoms with E-state index in [0.29, 0.717) is 6.04 Å². The van der Waals surface area contributed by atoms with E-state index in [1.807, 2.05) is 0 Å². The molecule has 2 heteroatoms. The Hall–Kier alpha value is -0.400. The molecule has 1 saturated carbocycles. The van der Waals surface area contributed by atoms with Crippen LogP contribution >= 0.6 is 0 Å². The molecule has 1 rings (SSSR count). The van der Waals surface area contributed by atoms with Crippen LogP contribution in [0.5, 0.6) is 0 Å². The molecule has 2 nitrogen and oxygen atoms in total. The fraction of sp³-hybridized carbons (Fsp3) is 1.00. The normalized spacial score (nSPS) is 16.2. The smallest absolute Gasteiger partial charge is 0.0708 e. The van der Waals surface area contributed by atoms with E-state index in [4.69, 9.17) is 0 Å². The molecule has 24 heavy (non-hydrogen) atoms. The van der Waals surface area contributed by atoms with E-state index >= 15 is 0 Å². The molecule has 0 radical (unpaired) electrons. The Morgan fingerprint density at radius 3 is 1.54 bits per heavy atom. The summed E-state index contributed by atoms with van der Waals surface area (Å²) in [5.41, 5.74) is 0. The van der Waals surface area contributed by atoms with Crippen LogP contribution in [0.25, 0.3) is 0 Å².